The monoisotopic (exact) mass is 404 g/mol. The molecule has 3 aromatic carbocycles. The largest absolute Gasteiger partial charge is 0.350 e. The highest BCUT2D eigenvalue weighted by atomic mass is 19.1. The van der Waals surface area contributed by atoms with Gasteiger partial charge in [0.05, 0.1) is 0 Å². The zero-order valence-electron chi connectivity index (χ0n) is 16.9. The van der Waals surface area contributed by atoms with Crippen molar-refractivity contribution >= 4 is 11.8 Å². The molecule has 0 heterocycles. The molecular weight excluding hydrogens is 379 g/mol. The van der Waals surface area contributed by atoms with Crippen molar-refractivity contribution in [2.75, 3.05) is 0 Å². The molecule has 0 unspecified atom stereocenters. The van der Waals surface area contributed by atoms with Gasteiger partial charge in [0.1, 0.15) is 11.9 Å². The summed E-state index contributed by atoms with van der Waals surface area (Å²) >= 11 is 0. The summed E-state index contributed by atoms with van der Waals surface area (Å²) in [6, 6.07) is 24.1. The summed E-state index contributed by atoms with van der Waals surface area (Å²) in [6.45, 7) is 2.35. The van der Waals surface area contributed by atoms with Crippen LogP contribution in [0.2, 0.25) is 0 Å². The van der Waals surface area contributed by atoms with E-state index in [4.69, 9.17) is 0 Å². The maximum atomic E-state index is 13.3. The average Bonchev–Trinajstić information content (AvgIpc) is 2.79. The number of rotatable bonds is 8. The Balaban J connectivity index is 1.89. The Morgan fingerprint density at radius 3 is 2.07 bits per heavy atom. The Hall–Kier alpha value is -3.47. The lowest BCUT2D eigenvalue weighted by atomic mass is 10.0. The summed E-state index contributed by atoms with van der Waals surface area (Å²) in [5.74, 6) is -0.746. The molecule has 0 aliphatic carbocycles. The van der Waals surface area contributed by atoms with Crippen molar-refractivity contribution in [2.45, 2.75) is 32.5 Å². The van der Waals surface area contributed by atoms with Gasteiger partial charge < -0.3 is 10.2 Å². The number of halogens is 1. The molecule has 0 saturated carbocycles. The smallest absolute Gasteiger partial charge is 0.247 e. The van der Waals surface area contributed by atoms with Crippen LogP contribution in [0.3, 0.4) is 0 Å². The van der Waals surface area contributed by atoms with Crippen LogP contribution < -0.4 is 5.32 Å². The number of carbonyl (C=O) groups is 2. The van der Waals surface area contributed by atoms with E-state index in [0.717, 1.165) is 16.7 Å². The molecule has 0 aromatic heterocycles. The Morgan fingerprint density at radius 1 is 0.867 bits per heavy atom. The molecule has 0 aliphatic heterocycles. The van der Waals surface area contributed by atoms with E-state index in [1.165, 1.54) is 12.1 Å². The Kier molecular flexibility index (Phi) is 7.33. The van der Waals surface area contributed by atoms with Crippen molar-refractivity contribution in [1.29, 1.82) is 0 Å². The van der Waals surface area contributed by atoms with E-state index in [1.54, 1.807) is 24.0 Å². The molecule has 0 radical (unpaired) electrons. The van der Waals surface area contributed by atoms with Crippen LogP contribution in [0.5, 0.6) is 0 Å². The Morgan fingerprint density at radius 2 is 1.47 bits per heavy atom. The minimum absolute atomic E-state index is 0.150. The van der Waals surface area contributed by atoms with Gasteiger partial charge in [-0.25, -0.2) is 4.39 Å². The second-order valence-electron chi connectivity index (χ2n) is 7.02. The van der Waals surface area contributed by atoms with Gasteiger partial charge >= 0.3 is 0 Å². The molecule has 0 fully saturated rings. The van der Waals surface area contributed by atoms with Crippen LogP contribution in [0, 0.1) is 5.82 Å². The predicted octanol–water partition coefficient (Wildman–Crippen LogP) is 4.62. The van der Waals surface area contributed by atoms with Gasteiger partial charge in [0.25, 0.3) is 0 Å². The molecule has 0 saturated heterocycles. The normalized spacial score (nSPS) is 11.5. The van der Waals surface area contributed by atoms with Gasteiger partial charge in [0.2, 0.25) is 11.8 Å². The summed E-state index contributed by atoms with van der Waals surface area (Å²) in [7, 11) is 0. The summed E-state index contributed by atoms with van der Waals surface area (Å²) < 4.78 is 13.3. The lowest BCUT2D eigenvalue weighted by molar-refractivity contribution is -0.141. The van der Waals surface area contributed by atoms with Gasteiger partial charge in [-0.1, -0.05) is 79.7 Å². The minimum atomic E-state index is -0.785. The first-order valence-electron chi connectivity index (χ1n) is 9.99. The van der Waals surface area contributed by atoms with E-state index in [0.29, 0.717) is 6.54 Å². The molecule has 30 heavy (non-hydrogen) atoms. The van der Waals surface area contributed by atoms with Crippen LogP contribution in [-0.2, 0) is 22.7 Å². The van der Waals surface area contributed by atoms with Gasteiger partial charge in [0, 0.05) is 19.5 Å². The summed E-state index contributed by atoms with van der Waals surface area (Å²) in [5.41, 5.74) is 2.46. The molecule has 154 valence electrons. The summed E-state index contributed by atoms with van der Waals surface area (Å²) in [4.78, 5) is 27.7. The molecule has 2 amide bonds. The third kappa shape index (κ3) is 5.54. The highest BCUT2D eigenvalue weighted by Crippen LogP contribution is 2.25. The molecular formula is C25H25FN2O2. The van der Waals surface area contributed by atoms with E-state index >= 15 is 0 Å². The van der Waals surface area contributed by atoms with Crippen molar-refractivity contribution in [2.24, 2.45) is 0 Å². The van der Waals surface area contributed by atoms with Gasteiger partial charge in [-0.15, -0.1) is 0 Å². The number of benzene rings is 3. The van der Waals surface area contributed by atoms with E-state index in [9.17, 15) is 14.0 Å². The molecule has 0 aliphatic rings. The average molecular weight is 404 g/mol. The second kappa shape index (κ2) is 10.3. The fraction of sp³-hybridized carbons (Fsp3) is 0.200. The summed E-state index contributed by atoms with van der Waals surface area (Å²) in [5, 5.41) is 2.96. The molecule has 0 spiro atoms. The zero-order chi connectivity index (χ0) is 21.3. The zero-order valence-corrected chi connectivity index (χ0v) is 16.9. The lowest BCUT2D eigenvalue weighted by Gasteiger charge is -2.31. The first kappa shape index (κ1) is 21.2. The van der Waals surface area contributed by atoms with Crippen molar-refractivity contribution in [3.05, 3.63) is 107 Å². The van der Waals surface area contributed by atoms with E-state index in [2.05, 4.69) is 5.32 Å². The van der Waals surface area contributed by atoms with Gasteiger partial charge in [0.15, 0.2) is 0 Å². The number of carbonyl (C=O) groups excluding carboxylic acids is 2. The third-order valence-electron chi connectivity index (χ3n) is 4.87. The maximum absolute atomic E-state index is 13.3. The lowest BCUT2D eigenvalue weighted by Crippen LogP contribution is -2.43. The number of hydrogen-bond acceptors (Lipinski definition) is 2. The van der Waals surface area contributed by atoms with Crippen molar-refractivity contribution in [3.63, 3.8) is 0 Å². The number of amides is 2. The van der Waals surface area contributed by atoms with Crippen molar-refractivity contribution in [3.8, 4) is 0 Å². The number of hydrogen-bond donors (Lipinski definition) is 1. The number of nitrogens with zero attached hydrogens (tertiary/aromatic N) is 1. The van der Waals surface area contributed by atoms with Crippen LogP contribution in [0.15, 0.2) is 84.9 Å². The van der Waals surface area contributed by atoms with Crippen LogP contribution in [0.25, 0.3) is 0 Å². The molecule has 0 bridgehead atoms. The molecule has 4 nitrogen and oxygen atoms in total. The molecule has 1 N–H and O–H groups in total. The standard InChI is InChI=1S/C25H25FN2O2/c1-2-23(29)28(18-20-13-15-22(26)16-14-20)24(21-11-7-4-8-12-21)25(30)27-17-19-9-5-3-6-10-19/h3-16,24H,2,17-18H2,1H3,(H,27,30)/t24-/m0/s1. The first-order valence-corrected chi connectivity index (χ1v) is 9.99. The third-order valence-corrected chi connectivity index (χ3v) is 4.87. The van der Waals surface area contributed by atoms with Crippen LogP contribution in [-0.4, -0.2) is 16.7 Å². The van der Waals surface area contributed by atoms with E-state index in [1.807, 2.05) is 60.7 Å². The van der Waals surface area contributed by atoms with Crippen LogP contribution in [0.1, 0.15) is 36.1 Å². The van der Waals surface area contributed by atoms with E-state index in [-0.39, 0.29) is 30.6 Å². The van der Waals surface area contributed by atoms with Gasteiger partial charge in [-0.2, -0.15) is 0 Å². The Labute approximate surface area is 176 Å². The number of nitrogens with one attached hydrogen (secondary N) is 1. The fourth-order valence-electron chi connectivity index (χ4n) is 3.30. The molecule has 3 aromatic rings. The van der Waals surface area contributed by atoms with Gasteiger partial charge in [-0.3, -0.25) is 9.59 Å². The van der Waals surface area contributed by atoms with Crippen LogP contribution in [0.4, 0.5) is 4.39 Å². The van der Waals surface area contributed by atoms with Crippen molar-refractivity contribution < 1.29 is 14.0 Å². The minimum Gasteiger partial charge on any atom is -0.350 e. The first-order chi connectivity index (χ1) is 14.6. The quantitative estimate of drug-likeness (QED) is 0.595. The molecule has 5 heteroatoms. The maximum Gasteiger partial charge on any atom is 0.247 e. The fourth-order valence-corrected chi connectivity index (χ4v) is 3.30. The highest BCUT2D eigenvalue weighted by Gasteiger charge is 2.30. The predicted molar refractivity (Wildman–Crippen MR) is 115 cm³/mol. The van der Waals surface area contributed by atoms with E-state index < -0.39 is 6.04 Å². The summed E-state index contributed by atoms with van der Waals surface area (Å²) in [6.07, 6.45) is 0.260. The topological polar surface area (TPSA) is 49.4 Å². The van der Waals surface area contributed by atoms with Crippen LogP contribution >= 0.6 is 0 Å². The SMILES string of the molecule is CCC(=O)N(Cc1ccc(F)cc1)[C@H](C(=O)NCc1ccccc1)c1ccccc1. The second-order valence-corrected chi connectivity index (χ2v) is 7.02. The highest BCUT2D eigenvalue weighted by molar-refractivity contribution is 5.88. The van der Waals surface area contributed by atoms with Crippen molar-refractivity contribution in [1.82, 2.24) is 10.2 Å². The molecule has 1 atom stereocenters. The Bertz CT molecular complexity index is 959. The molecule has 3 rings (SSSR count). The van der Waals surface area contributed by atoms with Gasteiger partial charge in [-0.05, 0) is 28.8 Å².